The summed E-state index contributed by atoms with van der Waals surface area (Å²) in [5.41, 5.74) is 0.0855. The topological polar surface area (TPSA) is 34.1 Å². The lowest BCUT2D eigenvalue weighted by atomic mass is 9.85. The SMILES string of the molecule is CC(C)(CCl)CC1CS(=O)(=O)C1. The van der Waals surface area contributed by atoms with E-state index in [2.05, 4.69) is 13.8 Å². The maximum Gasteiger partial charge on any atom is 0.150 e. The fourth-order valence-electron chi connectivity index (χ4n) is 1.62. The monoisotopic (exact) mass is 210 g/mol. The normalized spacial score (nSPS) is 23.6. The summed E-state index contributed by atoms with van der Waals surface area (Å²) in [6.45, 7) is 4.15. The molecule has 0 amide bonds. The lowest BCUT2D eigenvalue weighted by molar-refractivity contribution is 0.315. The van der Waals surface area contributed by atoms with E-state index >= 15 is 0 Å². The Labute approximate surface area is 79.2 Å². The van der Waals surface area contributed by atoms with Gasteiger partial charge >= 0.3 is 0 Å². The van der Waals surface area contributed by atoms with Gasteiger partial charge in [0.15, 0.2) is 9.84 Å². The number of halogens is 1. The molecule has 0 saturated carbocycles. The molecule has 1 aliphatic heterocycles. The maximum atomic E-state index is 10.8. The van der Waals surface area contributed by atoms with Crippen LogP contribution in [0.2, 0.25) is 0 Å². The van der Waals surface area contributed by atoms with Gasteiger partial charge in [-0.2, -0.15) is 0 Å². The minimum absolute atomic E-state index is 0.0855. The molecule has 0 aromatic carbocycles. The smallest absolute Gasteiger partial charge is 0.150 e. The Kier molecular flexibility index (Phi) is 2.74. The number of rotatable bonds is 3. The van der Waals surface area contributed by atoms with Crippen LogP contribution in [0.5, 0.6) is 0 Å². The van der Waals surface area contributed by atoms with Crippen molar-refractivity contribution in [2.45, 2.75) is 20.3 Å². The molecular weight excluding hydrogens is 196 g/mol. The van der Waals surface area contributed by atoms with Crippen LogP contribution in [0, 0.1) is 11.3 Å². The van der Waals surface area contributed by atoms with E-state index < -0.39 is 9.84 Å². The molecule has 1 saturated heterocycles. The van der Waals surface area contributed by atoms with Crippen LogP contribution >= 0.6 is 11.6 Å². The van der Waals surface area contributed by atoms with E-state index in [4.69, 9.17) is 11.6 Å². The third-order valence-electron chi connectivity index (χ3n) is 2.18. The van der Waals surface area contributed by atoms with Crippen molar-refractivity contribution < 1.29 is 8.42 Å². The second kappa shape index (κ2) is 3.18. The Bertz CT molecular complexity index is 244. The molecule has 0 spiro atoms. The summed E-state index contributed by atoms with van der Waals surface area (Å²) >= 11 is 5.74. The maximum absolute atomic E-state index is 10.8. The number of hydrogen-bond donors (Lipinski definition) is 0. The first-order valence-electron chi connectivity index (χ1n) is 4.11. The second-order valence-corrected chi connectivity index (χ2v) is 6.87. The number of alkyl halides is 1. The molecule has 0 radical (unpaired) electrons. The zero-order chi connectivity index (χ0) is 9.41. The third-order valence-corrected chi connectivity index (χ3v) is 4.86. The molecule has 0 N–H and O–H groups in total. The fourth-order valence-corrected chi connectivity index (χ4v) is 3.31. The van der Waals surface area contributed by atoms with Gasteiger partial charge in [0.2, 0.25) is 0 Å². The van der Waals surface area contributed by atoms with Crippen LogP contribution in [0.15, 0.2) is 0 Å². The van der Waals surface area contributed by atoms with E-state index in [0.29, 0.717) is 23.3 Å². The Hall–Kier alpha value is 0.240. The number of sulfone groups is 1. The molecule has 0 aliphatic carbocycles. The molecule has 72 valence electrons. The lowest BCUT2D eigenvalue weighted by Gasteiger charge is -2.32. The summed E-state index contributed by atoms with van der Waals surface area (Å²) in [5.74, 6) is 1.69. The quantitative estimate of drug-likeness (QED) is 0.665. The van der Waals surface area contributed by atoms with Crippen LogP contribution in [-0.2, 0) is 9.84 Å². The summed E-state index contributed by atoms with van der Waals surface area (Å²) < 4.78 is 21.7. The van der Waals surface area contributed by atoms with Crippen molar-refractivity contribution in [3.8, 4) is 0 Å². The van der Waals surface area contributed by atoms with Crippen molar-refractivity contribution in [2.24, 2.45) is 11.3 Å². The molecular formula is C8H15ClO2S. The highest BCUT2D eigenvalue weighted by molar-refractivity contribution is 7.92. The highest BCUT2D eigenvalue weighted by Crippen LogP contribution is 2.32. The first-order valence-corrected chi connectivity index (χ1v) is 6.47. The predicted molar refractivity (Wildman–Crippen MR) is 51.3 cm³/mol. The van der Waals surface area contributed by atoms with Gasteiger partial charge in [0.1, 0.15) is 0 Å². The molecule has 1 heterocycles. The summed E-state index contributed by atoms with van der Waals surface area (Å²) in [4.78, 5) is 0. The van der Waals surface area contributed by atoms with Crippen molar-refractivity contribution in [1.82, 2.24) is 0 Å². The van der Waals surface area contributed by atoms with Gasteiger partial charge in [0.05, 0.1) is 11.5 Å². The molecule has 1 fully saturated rings. The molecule has 4 heteroatoms. The molecule has 2 nitrogen and oxygen atoms in total. The minimum Gasteiger partial charge on any atom is -0.229 e. The zero-order valence-electron chi connectivity index (χ0n) is 7.51. The first-order chi connectivity index (χ1) is 5.35. The predicted octanol–water partition coefficient (Wildman–Crippen LogP) is 1.69. The number of hydrogen-bond acceptors (Lipinski definition) is 2. The van der Waals surface area contributed by atoms with Crippen molar-refractivity contribution in [3.05, 3.63) is 0 Å². The van der Waals surface area contributed by atoms with Crippen LogP contribution in [0.4, 0.5) is 0 Å². The Balaban J connectivity index is 2.37. The van der Waals surface area contributed by atoms with Crippen molar-refractivity contribution in [1.29, 1.82) is 0 Å². The first kappa shape index (κ1) is 10.3. The Morgan fingerprint density at radius 3 is 2.25 bits per heavy atom. The summed E-state index contributed by atoms with van der Waals surface area (Å²) in [7, 11) is -2.65. The average molecular weight is 211 g/mol. The summed E-state index contributed by atoms with van der Waals surface area (Å²) in [6, 6.07) is 0. The summed E-state index contributed by atoms with van der Waals surface area (Å²) in [5, 5.41) is 0. The van der Waals surface area contributed by atoms with Crippen molar-refractivity contribution in [2.75, 3.05) is 17.4 Å². The van der Waals surface area contributed by atoms with E-state index in [1.165, 1.54) is 0 Å². The Morgan fingerprint density at radius 1 is 1.42 bits per heavy atom. The standard InChI is InChI=1S/C8H15ClO2S/c1-8(2,6-9)3-7-4-12(10,11)5-7/h7H,3-6H2,1-2H3. The van der Waals surface area contributed by atoms with Crippen LogP contribution in [0.3, 0.4) is 0 Å². The van der Waals surface area contributed by atoms with Crippen LogP contribution in [0.1, 0.15) is 20.3 Å². The molecule has 0 aromatic rings. The van der Waals surface area contributed by atoms with Gasteiger partial charge < -0.3 is 0 Å². The molecule has 1 rings (SSSR count). The highest BCUT2D eigenvalue weighted by atomic mass is 35.5. The molecule has 0 unspecified atom stereocenters. The summed E-state index contributed by atoms with van der Waals surface area (Å²) in [6.07, 6.45) is 0.926. The van der Waals surface area contributed by atoms with Crippen molar-refractivity contribution >= 4 is 21.4 Å². The lowest BCUT2D eigenvalue weighted by Crippen LogP contribution is -2.39. The van der Waals surface area contributed by atoms with E-state index in [-0.39, 0.29) is 5.41 Å². The van der Waals surface area contributed by atoms with E-state index in [0.717, 1.165) is 6.42 Å². The largest absolute Gasteiger partial charge is 0.229 e. The third kappa shape index (κ3) is 2.63. The average Bonchev–Trinajstić information content (AvgIpc) is 1.83. The van der Waals surface area contributed by atoms with Gasteiger partial charge in [-0.3, -0.25) is 0 Å². The van der Waals surface area contributed by atoms with Gasteiger partial charge in [-0.05, 0) is 17.8 Å². The van der Waals surface area contributed by atoms with Crippen molar-refractivity contribution in [3.63, 3.8) is 0 Å². The molecule has 0 atom stereocenters. The van der Waals surface area contributed by atoms with Gasteiger partial charge in [-0.15, -0.1) is 11.6 Å². The minimum atomic E-state index is -2.65. The fraction of sp³-hybridized carbons (Fsp3) is 1.00. The van der Waals surface area contributed by atoms with Gasteiger partial charge in [-0.25, -0.2) is 8.42 Å². The molecule has 1 aliphatic rings. The highest BCUT2D eigenvalue weighted by Gasteiger charge is 2.36. The van der Waals surface area contributed by atoms with E-state index in [1.807, 2.05) is 0 Å². The van der Waals surface area contributed by atoms with E-state index in [1.54, 1.807) is 0 Å². The van der Waals surface area contributed by atoms with Crippen LogP contribution in [-0.4, -0.2) is 25.8 Å². The molecule has 0 bridgehead atoms. The van der Waals surface area contributed by atoms with Gasteiger partial charge in [0, 0.05) is 5.88 Å². The van der Waals surface area contributed by atoms with Crippen LogP contribution < -0.4 is 0 Å². The van der Waals surface area contributed by atoms with Crippen LogP contribution in [0.25, 0.3) is 0 Å². The Morgan fingerprint density at radius 2 is 1.92 bits per heavy atom. The van der Waals surface area contributed by atoms with Gasteiger partial charge in [-0.1, -0.05) is 13.8 Å². The second-order valence-electron chi connectivity index (χ2n) is 4.44. The molecule has 12 heavy (non-hydrogen) atoms. The van der Waals surface area contributed by atoms with Gasteiger partial charge in [0.25, 0.3) is 0 Å². The molecule has 0 aromatic heterocycles. The zero-order valence-corrected chi connectivity index (χ0v) is 9.08. The van der Waals surface area contributed by atoms with E-state index in [9.17, 15) is 8.42 Å².